The third-order valence-corrected chi connectivity index (χ3v) is 5.17. The van der Waals surface area contributed by atoms with Gasteiger partial charge in [0.25, 0.3) is 0 Å². The first-order valence-electron chi connectivity index (χ1n) is 5.13. The summed E-state index contributed by atoms with van der Waals surface area (Å²) in [5.41, 5.74) is 0.470. The Labute approximate surface area is 110 Å². The highest BCUT2D eigenvalue weighted by Crippen LogP contribution is 2.27. The Kier molecular flexibility index (Phi) is 4.85. The summed E-state index contributed by atoms with van der Waals surface area (Å²) in [5, 5.41) is 10.4. The number of aliphatic hydroxyl groups excluding tert-OH is 1. The van der Waals surface area contributed by atoms with Crippen molar-refractivity contribution in [1.29, 1.82) is 0 Å². The number of carbonyl (C=O) groups is 1. The van der Waals surface area contributed by atoms with Gasteiger partial charge in [-0.25, -0.2) is 17.9 Å². The number of nitrogens with one attached hydrogen (secondary N) is 1. The van der Waals surface area contributed by atoms with E-state index in [9.17, 15) is 13.2 Å². The molecule has 1 atom stereocenters. The van der Waals surface area contributed by atoms with Gasteiger partial charge in [-0.3, -0.25) is 0 Å². The second kappa shape index (κ2) is 5.79. The molecule has 1 aromatic heterocycles. The van der Waals surface area contributed by atoms with Crippen LogP contribution in [0.5, 0.6) is 0 Å². The van der Waals surface area contributed by atoms with Crippen molar-refractivity contribution in [3.05, 3.63) is 15.8 Å². The Morgan fingerprint density at radius 3 is 2.72 bits per heavy atom. The van der Waals surface area contributed by atoms with Crippen molar-refractivity contribution < 1.29 is 23.1 Å². The third-order valence-electron chi connectivity index (χ3n) is 2.19. The number of aryl methyl sites for hydroxylation is 1. The molecule has 18 heavy (non-hydrogen) atoms. The Hall–Kier alpha value is -0.960. The number of hydrogen-bond acceptors (Lipinski definition) is 6. The molecule has 102 valence electrons. The predicted molar refractivity (Wildman–Crippen MR) is 67.3 cm³/mol. The smallest absolute Gasteiger partial charge is 0.349 e. The fourth-order valence-corrected chi connectivity index (χ4v) is 4.30. The number of carbonyl (C=O) groups excluding carboxylic acids is 1. The van der Waals surface area contributed by atoms with Crippen LogP contribution in [0.15, 0.2) is 10.3 Å². The predicted octanol–water partition coefficient (Wildman–Crippen LogP) is 0.502. The molecule has 1 rings (SSSR count). The molecular formula is C10H15NO5S2. The summed E-state index contributed by atoms with van der Waals surface area (Å²) in [4.78, 5) is 11.4. The van der Waals surface area contributed by atoms with Crippen molar-refractivity contribution in [2.45, 2.75) is 24.8 Å². The average molecular weight is 293 g/mol. The van der Waals surface area contributed by atoms with Gasteiger partial charge in [-0.1, -0.05) is 0 Å². The zero-order valence-electron chi connectivity index (χ0n) is 10.3. The maximum atomic E-state index is 12.1. The van der Waals surface area contributed by atoms with Crippen LogP contribution in [0.25, 0.3) is 0 Å². The van der Waals surface area contributed by atoms with Gasteiger partial charge in [0.05, 0.1) is 13.7 Å². The highest BCUT2D eigenvalue weighted by Gasteiger charge is 2.28. The lowest BCUT2D eigenvalue weighted by atomic mass is 10.3. The first-order valence-corrected chi connectivity index (χ1v) is 7.49. The minimum Gasteiger partial charge on any atom is -0.465 e. The van der Waals surface area contributed by atoms with Crippen molar-refractivity contribution in [3.8, 4) is 0 Å². The summed E-state index contributed by atoms with van der Waals surface area (Å²) in [5.74, 6) is -0.690. The van der Waals surface area contributed by atoms with Gasteiger partial charge in [0, 0.05) is 6.04 Å². The highest BCUT2D eigenvalue weighted by molar-refractivity contribution is 7.89. The Bertz CT molecular complexity index is 534. The monoisotopic (exact) mass is 293 g/mol. The zero-order chi connectivity index (χ0) is 13.9. The lowest BCUT2D eigenvalue weighted by Gasteiger charge is -2.12. The summed E-state index contributed by atoms with van der Waals surface area (Å²) in [6.07, 6.45) is 0. The molecule has 0 unspecified atom stereocenters. The quantitative estimate of drug-likeness (QED) is 0.771. The second-order valence-electron chi connectivity index (χ2n) is 3.77. The lowest BCUT2D eigenvalue weighted by molar-refractivity contribution is 0.0602. The number of esters is 1. The topological polar surface area (TPSA) is 92.7 Å². The molecule has 0 fully saturated rings. The molecule has 0 aliphatic rings. The van der Waals surface area contributed by atoms with Crippen LogP contribution in [0.3, 0.4) is 0 Å². The fraction of sp³-hybridized carbons (Fsp3) is 0.500. The first-order chi connectivity index (χ1) is 8.33. The van der Waals surface area contributed by atoms with Crippen LogP contribution in [0.4, 0.5) is 0 Å². The fourth-order valence-electron chi connectivity index (χ4n) is 1.36. The van der Waals surface area contributed by atoms with E-state index in [4.69, 9.17) is 5.11 Å². The number of methoxy groups -OCH3 is 1. The minimum absolute atomic E-state index is 0.0349. The second-order valence-corrected chi connectivity index (χ2v) is 6.30. The molecule has 0 radical (unpaired) electrons. The maximum Gasteiger partial charge on any atom is 0.349 e. The molecule has 0 aliphatic heterocycles. The van der Waals surface area contributed by atoms with E-state index in [1.165, 1.54) is 14.0 Å². The van der Waals surface area contributed by atoms with Crippen molar-refractivity contribution in [2.75, 3.05) is 13.7 Å². The Morgan fingerprint density at radius 2 is 2.22 bits per heavy atom. The first kappa shape index (κ1) is 15.1. The van der Waals surface area contributed by atoms with Crippen LogP contribution in [0.2, 0.25) is 0 Å². The summed E-state index contributed by atoms with van der Waals surface area (Å²) >= 11 is 1.01. The van der Waals surface area contributed by atoms with Crippen molar-refractivity contribution >= 4 is 27.3 Å². The molecule has 0 bridgehead atoms. The largest absolute Gasteiger partial charge is 0.465 e. The van der Waals surface area contributed by atoms with Crippen molar-refractivity contribution in [2.24, 2.45) is 0 Å². The molecule has 0 aliphatic carbocycles. The van der Waals surface area contributed by atoms with Crippen LogP contribution in [-0.2, 0) is 14.8 Å². The number of aliphatic hydroxyl groups is 1. The molecule has 8 heteroatoms. The SMILES string of the molecule is COC(=O)c1scc(C)c1S(=O)(=O)N[C@H](C)CO. The van der Waals surface area contributed by atoms with Crippen molar-refractivity contribution in [3.63, 3.8) is 0 Å². The summed E-state index contributed by atoms with van der Waals surface area (Å²) in [6, 6.07) is -0.625. The van der Waals surface area contributed by atoms with Crippen LogP contribution in [0, 0.1) is 6.92 Å². The molecule has 0 spiro atoms. The summed E-state index contributed by atoms with van der Waals surface area (Å²) < 4.78 is 31.0. The van der Waals surface area contributed by atoms with Crippen molar-refractivity contribution in [1.82, 2.24) is 4.72 Å². The molecular weight excluding hydrogens is 278 g/mol. The number of sulfonamides is 1. The normalized spacial score (nSPS) is 13.3. The van der Waals surface area contributed by atoms with Gasteiger partial charge >= 0.3 is 5.97 Å². The standard InChI is InChI=1S/C10H15NO5S2/c1-6-5-17-8(10(13)16-3)9(6)18(14,15)11-7(2)4-12/h5,7,11-12H,4H2,1-3H3/t7-/m1/s1. The van der Waals surface area contributed by atoms with E-state index in [2.05, 4.69) is 9.46 Å². The highest BCUT2D eigenvalue weighted by atomic mass is 32.2. The molecule has 0 saturated carbocycles. The van der Waals surface area contributed by atoms with Gasteiger partial charge in [-0.05, 0) is 24.8 Å². The number of ether oxygens (including phenoxy) is 1. The Balaban J connectivity index is 3.24. The number of thiophene rings is 1. The van der Waals surface area contributed by atoms with Gasteiger partial charge in [0.1, 0.15) is 9.77 Å². The summed E-state index contributed by atoms with van der Waals surface area (Å²) in [7, 11) is -2.65. The number of rotatable bonds is 5. The van der Waals surface area contributed by atoms with E-state index in [0.29, 0.717) is 5.56 Å². The van der Waals surface area contributed by atoms with E-state index in [0.717, 1.165) is 11.3 Å². The van der Waals surface area contributed by atoms with E-state index >= 15 is 0 Å². The number of hydrogen-bond donors (Lipinski definition) is 2. The molecule has 6 nitrogen and oxygen atoms in total. The van der Waals surface area contributed by atoms with Gasteiger partial charge in [0.2, 0.25) is 10.0 Å². The molecule has 1 heterocycles. The zero-order valence-corrected chi connectivity index (χ0v) is 11.9. The average Bonchev–Trinajstić information content (AvgIpc) is 2.70. The molecule has 2 N–H and O–H groups in total. The minimum atomic E-state index is -3.85. The van der Waals surface area contributed by atoms with Gasteiger partial charge in [-0.2, -0.15) is 0 Å². The van der Waals surface area contributed by atoms with Crippen LogP contribution < -0.4 is 4.72 Å². The van der Waals surface area contributed by atoms with Crippen LogP contribution in [-0.4, -0.2) is 39.3 Å². The Morgan fingerprint density at radius 1 is 1.61 bits per heavy atom. The van der Waals surface area contributed by atoms with E-state index in [-0.39, 0.29) is 16.4 Å². The van der Waals surface area contributed by atoms with E-state index < -0.39 is 22.0 Å². The third kappa shape index (κ3) is 3.08. The van der Waals surface area contributed by atoms with E-state index in [1.807, 2.05) is 0 Å². The van der Waals surface area contributed by atoms with Crippen LogP contribution in [0.1, 0.15) is 22.2 Å². The maximum absolute atomic E-state index is 12.1. The molecule has 0 aromatic carbocycles. The lowest BCUT2D eigenvalue weighted by Crippen LogP contribution is -2.35. The summed E-state index contributed by atoms with van der Waals surface area (Å²) in [6.45, 7) is 2.80. The molecule has 1 aromatic rings. The molecule has 0 amide bonds. The van der Waals surface area contributed by atoms with E-state index in [1.54, 1.807) is 12.3 Å². The van der Waals surface area contributed by atoms with Gasteiger partial charge in [0.15, 0.2) is 0 Å². The van der Waals surface area contributed by atoms with Crippen LogP contribution >= 0.6 is 11.3 Å². The molecule has 0 saturated heterocycles. The van der Waals surface area contributed by atoms with Gasteiger partial charge < -0.3 is 9.84 Å². The van der Waals surface area contributed by atoms with Gasteiger partial charge in [-0.15, -0.1) is 11.3 Å².